The normalized spacial score (nSPS) is 16.3. The van der Waals surface area contributed by atoms with Gasteiger partial charge >= 0.3 is 6.03 Å². The van der Waals surface area contributed by atoms with E-state index in [1.807, 2.05) is 23.1 Å². The minimum atomic E-state index is -0.0785. The van der Waals surface area contributed by atoms with Crippen molar-refractivity contribution in [2.24, 2.45) is 0 Å². The SMILES string of the molecule is Cc1ccc(N2CCN(C(=O)Nc3ccc4c(c3)OCCO4)CC2)cc1. The van der Waals surface area contributed by atoms with Crippen molar-refractivity contribution >= 4 is 17.4 Å². The van der Waals surface area contributed by atoms with Gasteiger partial charge in [-0.2, -0.15) is 0 Å². The number of anilines is 2. The zero-order chi connectivity index (χ0) is 17.9. The van der Waals surface area contributed by atoms with Gasteiger partial charge in [0.2, 0.25) is 0 Å². The van der Waals surface area contributed by atoms with E-state index < -0.39 is 0 Å². The van der Waals surface area contributed by atoms with Crippen molar-refractivity contribution < 1.29 is 14.3 Å². The molecule has 0 aliphatic carbocycles. The summed E-state index contributed by atoms with van der Waals surface area (Å²) in [4.78, 5) is 16.7. The van der Waals surface area contributed by atoms with Crippen molar-refractivity contribution in [1.29, 1.82) is 0 Å². The van der Waals surface area contributed by atoms with Crippen LogP contribution in [0.4, 0.5) is 16.2 Å². The Labute approximate surface area is 153 Å². The third-order valence-electron chi connectivity index (χ3n) is 4.76. The molecule has 136 valence electrons. The number of piperazine rings is 1. The quantitative estimate of drug-likeness (QED) is 0.901. The highest BCUT2D eigenvalue weighted by molar-refractivity contribution is 5.90. The van der Waals surface area contributed by atoms with E-state index in [0.29, 0.717) is 32.1 Å². The van der Waals surface area contributed by atoms with Gasteiger partial charge in [-0.25, -0.2) is 4.79 Å². The van der Waals surface area contributed by atoms with Crippen molar-refractivity contribution in [2.75, 3.05) is 49.6 Å². The number of carbonyl (C=O) groups is 1. The van der Waals surface area contributed by atoms with E-state index in [4.69, 9.17) is 9.47 Å². The van der Waals surface area contributed by atoms with Crippen molar-refractivity contribution in [3.63, 3.8) is 0 Å². The summed E-state index contributed by atoms with van der Waals surface area (Å²) < 4.78 is 11.1. The average Bonchev–Trinajstić information content (AvgIpc) is 2.68. The lowest BCUT2D eigenvalue weighted by molar-refractivity contribution is 0.171. The van der Waals surface area contributed by atoms with E-state index >= 15 is 0 Å². The number of rotatable bonds is 2. The van der Waals surface area contributed by atoms with Gasteiger partial charge in [0.05, 0.1) is 0 Å². The van der Waals surface area contributed by atoms with E-state index in [1.165, 1.54) is 11.3 Å². The first-order valence-electron chi connectivity index (χ1n) is 8.96. The second kappa shape index (κ2) is 7.15. The van der Waals surface area contributed by atoms with Crippen LogP contribution in [0.5, 0.6) is 11.5 Å². The molecule has 1 N–H and O–H groups in total. The summed E-state index contributed by atoms with van der Waals surface area (Å²) in [7, 11) is 0. The van der Waals surface area contributed by atoms with Gasteiger partial charge in [-0.05, 0) is 31.2 Å². The Morgan fingerprint density at radius 1 is 0.923 bits per heavy atom. The zero-order valence-corrected chi connectivity index (χ0v) is 14.9. The highest BCUT2D eigenvalue weighted by atomic mass is 16.6. The molecule has 4 rings (SSSR count). The van der Waals surface area contributed by atoms with Crippen LogP contribution >= 0.6 is 0 Å². The van der Waals surface area contributed by atoms with Crippen LogP contribution in [0.15, 0.2) is 42.5 Å². The van der Waals surface area contributed by atoms with Crippen molar-refractivity contribution in [2.45, 2.75) is 6.92 Å². The number of carbonyl (C=O) groups excluding carboxylic acids is 1. The molecule has 26 heavy (non-hydrogen) atoms. The van der Waals surface area contributed by atoms with E-state index in [9.17, 15) is 4.79 Å². The monoisotopic (exact) mass is 353 g/mol. The lowest BCUT2D eigenvalue weighted by Gasteiger charge is -2.36. The minimum absolute atomic E-state index is 0.0785. The largest absolute Gasteiger partial charge is 0.486 e. The van der Waals surface area contributed by atoms with Gasteiger partial charge in [-0.1, -0.05) is 17.7 Å². The second-order valence-electron chi connectivity index (χ2n) is 6.60. The molecule has 0 bridgehead atoms. The van der Waals surface area contributed by atoms with Crippen LogP contribution in [-0.2, 0) is 0 Å². The van der Waals surface area contributed by atoms with Crippen LogP contribution in [0, 0.1) is 6.92 Å². The Balaban J connectivity index is 1.34. The summed E-state index contributed by atoms with van der Waals surface area (Å²) in [5.41, 5.74) is 3.19. The Hall–Kier alpha value is -2.89. The first-order valence-corrected chi connectivity index (χ1v) is 8.96. The van der Waals surface area contributed by atoms with Gasteiger partial charge in [0.15, 0.2) is 11.5 Å². The lowest BCUT2D eigenvalue weighted by atomic mass is 10.2. The fourth-order valence-corrected chi connectivity index (χ4v) is 3.25. The first-order chi connectivity index (χ1) is 12.7. The number of ether oxygens (including phenoxy) is 2. The molecule has 1 saturated heterocycles. The van der Waals surface area contributed by atoms with Crippen LogP contribution in [-0.4, -0.2) is 50.3 Å². The van der Waals surface area contributed by atoms with Gasteiger partial charge in [0.1, 0.15) is 13.2 Å². The molecule has 0 spiro atoms. The van der Waals surface area contributed by atoms with Crippen LogP contribution in [0.1, 0.15) is 5.56 Å². The van der Waals surface area contributed by atoms with Crippen molar-refractivity contribution in [3.05, 3.63) is 48.0 Å². The highest BCUT2D eigenvalue weighted by Crippen LogP contribution is 2.32. The molecule has 0 radical (unpaired) electrons. The van der Waals surface area contributed by atoms with Crippen LogP contribution in [0.3, 0.4) is 0 Å². The summed E-state index contributed by atoms with van der Waals surface area (Å²) >= 11 is 0. The van der Waals surface area contributed by atoms with Gasteiger partial charge in [-0.3, -0.25) is 0 Å². The molecule has 2 aliphatic heterocycles. The third-order valence-corrected chi connectivity index (χ3v) is 4.76. The van der Waals surface area contributed by atoms with Gasteiger partial charge < -0.3 is 24.6 Å². The molecule has 0 unspecified atom stereocenters. The predicted molar refractivity (Wildman–Crippen MR) is 101 cm³/mol. The summed E-state index contributed by atoms with van der Waals surface area (Å²) in [6.07, 6.45) is 0. The third kappa shape index (κ3) is 3.54. The Bertz CT molecular complexity index is 783. The van der Waals surface area contributed by atoms with Crippen molar-refractivity contribution in [1.82, 2.24) is 4.90 Å². The molecule has 0 aromatic heterocycles. The molecule has 6 heteroatoms. The van der Waals surface area contributed by atoms with Crippen LogP contribution < -0.4 is 19.7 Å². The number of nitrogens with one attached hydrogen (secondary N) is 1. The van der Waals surface area contributed by atoms with E-state index in [0.717, 1.165) is 24.5 Å². The molecular formula is C20H23N3O3. The fraction of sp³-hybridized carbons (Fsp3) is 0.350. The molecule has 2 aromatic rings. The molecule has 2 amide bonds. The second-order valence-corrected chi connectivity index (χ2v) is 6.60. The lowest BCUT2D eigenvalue weighted by Crippen LogP contribution is -2.50. The summed E-state index contributed by atoms with van der Waals surface area (Å²) in [6, 6.07) is 13.9. The zero-order valence-electron chi connectivity index (χ0n) is 14.9. The Morgan fingerprint density at radius 3 is 2.35 bits per heavy atom. The number of aryl methyl sites for hydroxylation is 1. The number of hydrogen-bond donors (Lipinski definition) is 1. The molecule has 2 heterocycles. The van der Waals surface area contributed by atoms with Gasteiger partial charge in [0.25, 0.3) is 0 Å². The summed E-state index contributed by atoms with van der Waals surface area (Å²) in [5, 5.41) is 2.96. The van der Waals surface area contributed by atoms with Crippen molar-refractivity contribution in [3.8, 4) is 11.5 Å². The molecule has 0 atom stereocenters. The Morgan fingerprint density at radius 2 is 1.62 bits per heavy atom. The number of nitrogens with zero attached hydrogens (tertiary/aromatic N) is 2. The van der Waals surface area contributed by atoms with Crippen LogP contribution in [0.2, 0.25) is 0 Å². The number of urea groups is 1. The van der Waals surface area contributed by atoms with E-state index in [1.54, 1.807) is 0 Å². The Kier molecular flexibility index (Phi) is 4.56. The molecular weight excluding hydrogens is 330 g/mol. The maximum absolute atomic E-state index is 12.5. The first kappa shape index (κ1) is 16.6. The minimum Gasteiger partial charge on any atom is -0.486 e. The van der Waals surface area contributed by atoms with Gasteiger partial charge in [-0.15, -0.1) is 0 Å². The van der Waals surface area contributed by atoms with E-state index in [-0.39, 0.29) is 6.03 Å². The topological polar surface area (TPSA) is 54.0 Å². The number of hydrogen-bond acceptors (Lipinski definition) is 4. The maximum atomic E-state index is 12.5. The fourth-order valence-electron chi connectivity index (χ4n) is 3.25. The number of fused-ring (bicyclic) bond motifs is 1. The molecule has 2 aromatic carbocycles. The van der Waals surface area contributed by atoms with Gasteiger partial charge in [0, 0.05) is 43.6 Å². The predicted octanol–water partition coefficient (Wildman–Crippen LogP) is 3.12. The molecule has 6 nitrogen and oxygen atoms in total. The molecule has 0 saturated carbocycles. The maximum Gasteiger partial charge on any atom is 0.321 e. The average molecular weight is 353 g/mol. The van der Waals surface area contributed by atoms with E-state index in [2.05, 4.69) is 41.4 Å². The smallest absolute Gasteiger partial charge is 0.321 e. The van der Waals surface area contributed by atoms with Crippen LogP contribution in [0.25, 0.3) is 0 Å². The summed E-state index contributed by atoms with van der Waals surface area (Å²) in [5.74, 6) is 1.40. The highest BCUT2D eigenvalue weighted by Gasteiger charge is 2.22. The molecule has 1 fully saturated rings. The molecule has 2 aliphatic rings. The number of amides is 2. The summed E-state index contributed by atoms with van der Waals surface area (Å²) in [6.45, 7) is 6.24. The standard InChI is InChI=1S/C20H23N3O3/c1-15-2-5-17(6-3-15)22-8-10-23(11-9-22)20(24)21-16-4-7-18-19(14-16)26-13-12-25-18/h2-7,14H,8-13H2,1H3,(H,21,24). The number of benzene rings is 2.